The quantitative estimate of drug-likeness (QED) is 0.535. The second-order valence-corrected chi connectivity index (χ2v) is 6.35. The first-order valence-corrected chi connectivity index (χ1v) is 7.08. The van der Waals surface area contributed by atoms with Crippen LogP contribution in [0.15, 0.2) is 0 Å². The van der Waals surface area contributed by atoms with E-state index in [-0.39, 0.29) is 18.6 Å². The molecular weight excluding hydrogens is 242 g/mol. The summed E-state index contributed by atoms with van der Waals surface area (Å²) in [6.07, 6.45) is 1.83. The average Bonchev–Trinajstić information content (AvgIpc) is 2.43. The third-order valence-corrected chi connectivity index (χ3v) is 4.25. The van der Waals surface area contributed by atoms with Crippen molar-refractivity contribution in [1.82, 2.24) is 4.31 Å². The van der Waals surface area contributed by atoms with Crippen molar-refractivity contribution in [3.8, 4) is 0 Å². The molecule has 3 atom stereocenters. The largest absolute Gasteiger partial charge is 0.373 e. The minimum Gasteiger partial charge on any atom is -0.373 e. The van der Waals surface area contributed by atoms with E-state index in [9.17, 15) is 13.2 Å². The molecule has 0 bridgehead atoms. The SMILES string of the molecule is CC1CCC(C2CC(=O)N2S(=O)(=O)Cl)O1. The number of hydrogen-bond acceptors (Lipinski definition) is 4. The summed E-state index contributed by atoms with van der Waals surface area (Å²) in [7, 11) is 1.22. The van der Waals surface area contributed by atoms with Crippen LogP contribution >= 0.6 is 10.7 Å². The van der Waals surface area contributed by atoms with Crippen LogP contribution in [0.25, 0.3) is 0 Å². The molecule has 0 aromatic heterocycles. The zero-order valence-electron chi connectivity index (χ0n) is 8.22. The van der Waals surface area contributed by atoms with Gasteiger partial charge in [-0.15, -0.1) is 0 Å². The predicted molar refractivity (Wildman–Crippen MR) is 53.6 cm³/mol. The number of carbonyl (C=O) groups is 1. The molecule has 0 radical (unpaired) electrons. The molecule has 1 amide bonds. The Kier molecular flexibility index (Phi) is 2.68. The maximum Gasteiger partial charge on any atom is 0.324 e. The van der Waals surface area contributed by atoms with Gasteiger partial charge in [0.05, 0.1) is 24.7 Å². The molecule has 2 aliphatic rings. The standard InChI is InChI=1S/C8H12ClNO4S/c1-5-2-3-7(14-5)6-4-8(11)10(6)15(9,12)13/h5-7H,2-4H2,1H3. The van der Waals surface area contributed by atoms with Crippen molar-refractivity contribution in [3.63, 3.8) is 0 Å². The van der Waals surface area contributed by atoms with Gasteiger partial charge in [-0.05, 0) is 19.8 Å². The number of amides is 1. The van der Waals surface area contributed by atoms with Gasteiger partial charge in [0.1, 0.15) is 0 Å². The highest BCUT2D eigenvalue weighted by atomic mass is 35.7. The van der Waals surface area contributed by atoms with E-state index in [1.165, 1.54) is 0 Å². The molecule has 0 aromatic carbocycles. The first-order valence-electron chi connectivity index (χ1n) is 4.82. The van der Waals surface area contributed by atoms with Gasteiger partial charge in [-0.25, -0.2) is 4.31 Å². The zero-order chi connectivity index (χ0) is 11.2. The van der Waals surface area contributed by atoms with E-state index in [2.05, 4.69) is 0 Å². The third kappa shape index (κ3) is 1.98. The highest BCUT2D eigenvalue weighted by molar-refractivity contribution is 8.12. The first kappa shape index (κ1) is 11.2. The van der Waals surface area contributed by atoms with Gasteiger partial charge < -0.3 is 4.74 Å². The third-order valence-electron chi connectivity index (χ3n) is 2.86. The average molecular weight is 254 g/mol. The Labute approximate surface area is 92.9 Å². The van der Waals surface area contributed by atoms with Crippen LogP contribution in [0.3, 0.4) is 0 Å². The van der Waals surface area contributed by atoms with Crippen LogP contribution in [-0.2, 0) is 18.8 Å². The molecule has 7 heteroatoms. The van der Waals surface area contributed by atoms with Crippen molar-refractivity contribution >= 4 is 25.8 Å². The molecule has 2 saturated heterocycles. The lowest BCUT2D eigenvalue weighted by Gasteiger charge is -2.40. The van der Waals surface area contributed by atoms with Crippen molar-refractivity contribution in [3.05, 3.63) is 0 Å². The van der Waals surface area contributed by atoms with Gasteiger partial charge in [-0.1, -0.05) is 0 Å². The fourth-order valence-corrected chi connectivity index (χ4v) is 3.50. The number of nitrogens with zero attached hydrogens (tertiary/aromatic N) is 1. The molecule has 0 saturated carbocycles. The van der Waals surface area contributed by atoms with Crippen molar-refractivity contribution < 1.29 is 17.9 Å². The molecule has 5 nitrogen and oxygen atoms in total. The Balaban J connectivity index is 2.09. The maximum absolute atomic E-state index is 11.1. The van der Waals surface area contributed by atoms with E-state index in [1.807, 2.05) is 6.92 Å². The monoisotopic (exact) mass is 253 g/mol. The molecule has 3 unspecified atom stereocenters. The van der Waals surface area contributed by atoms with Crippen molar-refractivity contribution in [2.75, 3.05) is 0 Å². The molecule has 2 fully saturated rings. The van der Waals surface area contributed by atoms with E-state index < -0.39 is 21.2 Å². The molecule has 0 aliphatic carbocycles. The number of halogens is 1. The Bertz CT molecular complexity index is 382. The van der Waals surface area contributed by atoms with Gasteiger partial charge in [0.15, 0.2) is 0 Å². The van der Waals surface area contributed by atoms with Gasteiger partial charge in [0.25, 0.3) is 0 Å². The minimum absolute atomic E-state index is 0.130. The Morgan fingerprint density at radius 2 is 2.13 bits per heavy atom. The molecule has 2 rings (SSSR count). The Morgan fingerprint density at radius 1 is 1.47 bits per heavy atom. The van der Waals surface area contributed by atoms with Gasteiger partial charge in [-0.2, -0.15) is 8.42 Å². The first-order chi connectivity index (χ1) is 6.89. The second kappa shape index (κ2) is 3.61. The molecule has 2 heterocycles. The molecule has 0 spiro atoms. The summed E-state index contributed by atoms with van der Waals surface area (Å²) in [6, 6.07) is -0.398. The normalized spacial score (nSPS) is 36.8. The van der Waals surface area contributed by atoms with Crippen LogP contribution in [0.2, 0.25) is 0 Å². The summed E-state index contributed by atoms with van der Waals surface area (Å²) < 4.78 is 28.4. The summed E-state index contributed by atoms with van der Waals surface area (Å²) in [6.45, 7) is 1.93. The van der Waals surface area contributed by atoms with Crippen LogP contribution in [-0.4, -0.2) is 36.9 Å². The molecular formula is C8H12ClNO4S. The lowest BCUT2D eigenvalue weighted by molar-refractivity contribution is -0.143. The van der Waals surface area contributed by atoms with Crippen molar-refractivity contribution in [1.29, 1.82) is 0 Å². The summed E-state index contributed by atoms with van der Waals surface area (Å²) in [5.41, 5.74) is 0. The minimum atomic E-state index is -3.94. The lowest BCUT2D eigenvalue weighted by Crippen LogP contribution is -2.59. The van der Waals surface area contributed by atoms with E-state index in [4.69, 9.17) is 15.4 Å². The molecule has 15 heavy (non-hydrogen) atoms. The van der Waals surface area contributed by atoms with Gasteiger partial charge in [0.2, 0.25) is 5.91 Å². The Morgan fingerprint density at radius 3 is 2.53 bits per heavy atom. The highest BCUT2D eigenvalue weighted by Crippen LogP contribution is 2.34. The fraction of sp³-hybridized carbons (Fsp3) is 0.875. The smallest absolute Gasteiger partial charge is 0.324 e. The topological polar surface area (TPSA) is 63.7 Å². The number of hydrogen-bond donors (Lipinski definition) is 0. The maximum atomic E-state index is 11.1. The van der Waals surface area contributed by atoms with Gasteiger partial charge in [0, 0.05) is 10.7 Å². The summed E-state index contributed by atoms with van der Waals surface area (Å²) >= 11 is 0. The van der Waals surface area contributed by atoms with E-state index in [0.29, 0.717) is 0 Å². The van der Waals surface area contributed by atoms with Crippen LogP contribution in [0.5, 0.6) is 0 Å². The number of ether oxygens (including phenoxy) is 1. The van der Waals surface area contributed by atoms with Crippen LogP contribution in [0, 0.1) is 0 Å². The predicted octanol–water partition coefficient (Wildman–Crippen LogP) is 0.638. The number of rotatable bonds is 2. The molecule has 0 N–H and O–H groups in total. The summed E-state index contributed by atoms with van der Waals surface area (Å²) in [4.78, 5) is 11.1. The lowest BCUT2D eigenvalue weighted by atomic mass is 9.98. The number of β-lactam (4-membered cyclic amide) rings is 1. The van der Waals surface area contributed by atoms with Crippen LogP contribution in [0.4, 0.5) is 0 Å². The second-order valence-electron chi connectivity index (χ2n) is 3.97. The molecule has 86 valence electrons. The van der Waals surface area contributed by atoms with E-state index >= 15 is 0 Å². The van der Waals surface area contributed by atoms with E-state index in [1.54, 1.807) is 0 Å². The van der Waals surface area contributed by atoms with Gasteiger partial charge >= 0.3 is 9.24 Å². The van der Waals surface area contributed by atoms with Crippen molar-refractivity contribution in [2.45, 2.75) is 44.4 Å². The summed E-state index contributed by atoms with van der Waals surface area (Å²) in [5, 5.41) is 0. The van der Waals surface area contributed by atoms with Crippen molar-refractivity contribution in [2.24, 2.45) is 0 Å². The highest BCUT2D eigenvalue weighted by Gasteiger charge is 2.49. The number of carbonyl (C=O) groups excluding carboxylic acids is 1. The fourth-order valence-electron chi connectivity index (χ4n) is 2.11. The van der Waals surface area contributed by atoms with E-state index in [0.717, 1.165) is 17.1 Å². The summed E-state index contributed by atoms with van der Waals surface area (Å²) in [5.74, 6) is -0.446. The van der Waals surface area contributed by atoms with Crippen LogP contribution in [0.1, 0.15) is 26.2 Å². The molecule has 2 aliphatic heterocycles. The van der Waals surface area contributed by atoms with Crippen LogP contribution < -0.4 is 0 Å². The van der Waals surface area contributed by atoms with Gasteiger partial charge in [-0.3, -0.25) is 4.79 Å². The zero-order valence-corrected chi connectivity index (χ0v) is 9.79. The molecule has 0 aromatic rings. The Hall–Kier alpha value is -0.330.